The Kier molecular flexibility index (Phi) is 5.25. The minimum atomic E-state index is -1.05. The first-order chi connectivity index (χ1) is 8.04. The number of carboxylic acid groups (broad SMARTS) is 1. The van der Waals surface area contributed by atoms with E-state index in [1.807, 2.05) is 13.0 Å². The molecule has 0 spiro atoms. The van der Waals surface area contributed by atoms with Gasteiger partial charge in [-0.1, -0.05) is 17.7 Å². The van der Waals surface area contributed by atoms with Crippen molar-refractivity contribution in [3.63, 3.8) is 0 Å². The molecular formula is C12H15ClO4. The molecular weight excluding hydrogens is 244 g/mol. The van der Waals surface area contributed by atoms with Gasteiger partial charge in [0.1, 0.15) is 12.4 Å². The van der Waals surface area contributed by atoms with E-state index >= 15 is 0 Å². The summed E-state index contributed by atoms with van der Waals surface area (Å²) < 4.78 is 10.4. The molecule has 1 N–H and O–H groups in total. The number of aryl methyl sites for hydroxylation is 1. The van der Waals surface area contributed by atoms with E-state index in [9.17, 15) is 4.79 Å². The first-order valence-corrected chi connectivity index (χ1v) is 5.65. The van der Waals surface area contributed by atoms with Crippen molar-refractivity contribution in [1.82, 2.24) is 0 Å². The van der Waals surface area contributed by atoms with Gasteiger partial charge in [0.2, 0.25) is 0 Å². The van der Waals surface area contributed by atoms with Gasteiger partial charge in [0.05, 0.1) is 5.02 Å². The molecule has 0 aromatic heterocycles. The second-order valence-corrected chi connectivity index (χ2v) is 3.93. The van der Waals surface area contributed by atoms with Gasteiger partial charge in [-0.15, -0.1) is 0 Å². The number of carbonyl (C=O) groups is 1. The summed E-state index contributed by atoms with van der Waals surface area (Å²) in [6.45, 7) is 3.90. The Morgan fingerprint density at radius 2 is 2.24 bits per heavy atom. The predicted octanol–water partition coefficient (Wildman–Crippen LogP) is 2.52. The van der Waals surface area contributed by atoms with E-state index in [0.29, 0.717) is 17.4 Å². The minimum Gasteiger partial charge on any atom is -0.489 e. The normalized spacial score (nSPS) is 12.2. The molecule has 1 unspecified atom stereocenters. The molecule has 0 fully saturated rings. The average Bonchev–Trinajstić information content (AvgIpc) is 2.25. The average molecular weight is 259 g/mol. The zero-order valence-corrected chi connectivity index (χ0v) is 10.5. The Morgan fingerprint density at radius 3 is 2.76 bits per heavy atom. The molecule has 0 bridgehead atoms. The molecule has 0 saturated heterocycles. The highest BCUT2D eigenvalue weighted by Crippen LogP contribution is 2.25. The van der Waals surface area contributed by atoms with Gasteiger partial charge < -0.3 is 14.6 Å². The van der Waals surface area contributed by atoms with Crippen LogP contribution in [-0.4, -0.2) is 30.4 Å². The van der Waals surface area contributed by atoms with Crippen LogP contribution in [0.15, 0.2) is 18.2 Å². The third kappa shape index (κ3) is 4.24. The molecule has 0 amide bonds. The lowest BCUT2D eigenvalue weighted by Crippen LogP contribution is -2.30. The van der Waals surface area contributed by atoms with Crippen molar-refractivity contribution in [1.29, 1.82) is 0 Å². The number of ether oxygens (including phenoxy) is 2. The Labute approximate surface area is 105 Å². The van der Waals surface area contributed by atoms with Gasteiger partial charge in [-0.2, -0.15) is 0 Å². The van der Waals surface area contributed by atoms with Crippen LogP contribution in [0.1, 0.15) is 12.5 Å². The Hall–Kier alpha value is -1.26. The van der Waals surface area contributed by atoms with Crippen molar-refractivity contribution in [2.45, 2.75) is 20.0 Å². The number of carboxylic acids is 1. The molecule has 17 heavy (non-hydrogen) atoms. The fourth-order valence-corrected chi connectivity index (χ4v) is 1.57. The lowest BCUT2D eigenvalue weighted by molar-refractivity contribution is -0.152. The number of hydrogen-bond donors (Lipinski definition) is 1. The van der Waals surface area contributed by atoms with Crippen molar-refractivity contribution in [2.24, 2.45) is 0 Å². The molecule has 0 aliphatic carbocycles. The fourth-order valence-electron chi connectivity index (χ4n) is 1.28. The van der Waals surface area contributed by atoms with Crippen molar-refractivity contribution in [2.75, 3.05) is 13.2 Å². The summed E-state index contributed by atoms with van der Waals surface area (Å²) in [4.78, 5) is 10.8. The van der Waals surface area contributed by atoms with E-state index in [1.165, 1.54) is 0 Å². The quantitative estimate of drug-likeness (QED) is 0.852. The SMILES string of the molecule is CCOC(COc1ccc(C)cc1Cl)C(=O)O. The number of benzene rings is 1. The van der Waals surface area contributed by atoms with Gasteiger partial charge in [0.25, 0.3) is 0 Å². The van der Waals surface area contributed by atoms with Gasteiger partial charge in [-0.3, -0.25) is 0 Å². The molecule has 1 aromatic rings. The van der Waals surface area contributed by atoms with Gasteiger partial charge in [0.15, 0.2) is 6.10 Å². The van der Waals surface area contributed by atoms with E-state index in [-0.39, 0.29) is 6.61 Å². The van der Waals surface area contributed by atoms with Crippen LogP contribution in [0.5, 0.6) is 5.75 Å². The van der Waals surface area contributed by atoms with Crippen molar-refractivity contribution < 1.29 is 19.4 Å². The topological polar surface area (TPSA) is 55.8 Å². The highest BCUT2D eigenvalue weighted by Gasteiger charge is 2.18. The van der Waals surface area contributed by atoms with Crippen LogP contribution in [0.25, 0.3) is 0 Å². The third-order valence-corrected chi connectivity index (χ3v) is 2.42. The Bertz CT molecular complexity index is 392. The number of halogens is 1. The predicted molar refractivity (Wildman–Crippen MR) is 64.7 cm³/mol. The summed E-state index contributed by atoms with van der Waals surface area (Å²) >= 11 is 5.96. The summed E-state index contributed by atoms with van der Waals surface area (Å²) in [5.74, 6) is -0.585. The molecule has 1 rings (SSSR count). The molecule has 1 aromatic carbocycles. The van der Waals surface area contributed by atoms with Gasteiger partial charge in [-0.25, -0.2) is 4.79 Å². The number of aliphatic carboxylic acids is 1. The fraction of sp³-hybridized carbons (Fsp3) is 0.417. The molecule has 0 saturated carbocycles. The Morgan fingerprint density at radius 1 is 1.53 bits per heavy atom. The maximum absolute atomic E-state index is 10.8. The van der Waals surface area contributed by atoms with Crippen LogP contribution in [0, 0.1) is 6.92 Å². The van der Waals surface area contributed by atoms with Gasteiger partial charge >= 0.3 is 5.97 Å². The van der Waals surface area contributed by atoms with Crippen molar-refractivity contribution >= 4 is 17.6 Å². The molecule has 4 nitrogen and oxygen atoms in total. The molecule has 1 atom stereocenters. The lowest BCUT2D eigenvalue weighted by Gasteiger charge is -2.14. The summed E-state index contributed by atoms with van der Waals surface area (Å²) in [6.07, 6.45) is -0.975. The highest BCUT2D eigenvalue weighted by molar-refractivity contribution is 6.32. The Balaban J connectivity index is 2.62. The van der Waals surface area contributed by atoms with Crippen LogP contribution in [0.2, 0.25) is 5.02 Å². The lowest BCUT2D eigenvalue weighted by atomic mass is 10.2. The number of hydrogen-bond acceptors (Lipinski definition) is 3. The summed E-state index contributed by atoms with van der Waals surface area (Å²) in [6, 6.07) is 5.31. The minimum absolute atomic E-state index is 0.0635. The van der Waals surface area contributed by atoms with E-state index in [0.717, 1.165) is 5.56 Å². The molecule has 0 aliphatic rings. The zero-order chi connectivity index (χ0) is 12.8. The molecule has 0 aliphatic heterocycles. The van der Waals surface area contributed by atoms with E-state index in [4.69, 9.17) is 26.2 Å². The highest BCUT2D eigenvalue weighted by atomic mass is 35.5. The van der Waals surface area contributed by atoms with E-state index in [1.54, 1.807) is 19.1 Å². The van der Waals surface area contributed by atoms with E-state index in [2.05, 4.69) is 0 Å². The van der Waals surface area contributed by atoms with Crippen molar-refractivity contribution in [3.8, 4) is 5.75 Å². The molecule has 0 radical (unpaired) electrons. The molecule has 94 valence electrons. The first-order valence-electron chi connectivity index (χ1n) is 5.28. The van der Waals surface area contributed by atoms with Crippen LogP contribution >= 0.6 is 11.6 Å². The smallest absolute Gasteiger partial charge is 0.336 e. The second kappa shape index (κ2) is 6.47. The van der Waals surface area contributed by atoms with Gasteiger partial charge in [0, 0.05) is 6.61 Å². The second-order valence-electron chi connectivity index (χ2n) is 3.53. The van der Waals surface area contributed by atoms with Crippen LogP contribution < -0.4 is 4.74 Å². The van der Waals surface area contributed by atoms with Crippen LogP contribution in [0.3, 0.4) is 0 Å². The molecule has 0 heterocycles. The summed E-state index contributed by atoms with van der Waals surface area (Å²) in [7, 11) is 0. The maximum Gasteiger partial charge on any atom is 0.336 e. The summed E-state index contributed by atoms with van der Waals surface area (Å²) in [5, 5.41) is 9.32. The van der Waals surface area contributed by atoms with Crippen LogP contribution in [-0.2, 0) is 9.53 Å². The first kappa shape index (κ1) is 13.8. The summed E-state index contributed by atoms with van der Waals surface area (Å²) in [5.41, 5.74) is 1.02. The van der Waals surface area contributed by atoms with Crippen LogP contribution in [0.4, 0.5) is 0 Å². The van der Waals surface area contributed by atoms with Crippen molar-refractivity contribution in [3.05, 3.63) is 28.8 Å². The molecule has 5 heteroatoms. The largest absolute Gasteiger partial charge is 0.489 e. The standard InChI is InChI=1S/C12H15ClO4/c1-3-16-11(12(14)15)7-17-10-5-4-8(2)6-9(10)13/h4-6,11H,3,7H2,1-2H3,(H,14,15). The zero-order valence-electron chi connectivity index (χ0n) is 9.77. The van der Waals surface area contributed by atoms with E-state index < -0.39 is 12.1 Å². The number of rotatable bonds is 6. The maximum atomic E-state index is 10.8. The van der Waals surface area contributed by atoms with Gasteiger partial charge in [-0.05, 0) is 31.5 Å². The monoisotopic (exact) mass is 258 g/mol. The third-order valence-electron chi connectivity index (χ3n) is 2.12.